The number of aromatic nitrogens is 2. The van der Waals surface area contributed by atoms with Gasteiger partial charge in [0.2, 0.25) is 0 Å². The molecule has 0 unspecified atom stereocenters. The summed E-state index contributed by atoms with van der Waals surface area (Å²) in [5.74, 6) is -0.224. The first-order chi connectivity index (χ1) is 15.9. The van der Waals surface area contributed by atoms with E-state index in [9.17, 15) is 14.5 Å². The normalized spacial score (nSPS) is 24.1. The van der Waals surface area contributed by atoms with E-state index in [2.05, 4.69) is 15.3 Å². The molecule has 3 aromatic rings. The van der Waals surface area contributed by atoms with Crippen LogP contribution in [0.25, 0.3) is 10.9 Å². The Labute approximate surface area is 191 Å². The first-order valence-electron chi connectivity index (χ1n) is 10.0. The minimum Gasteiger partial charge on any atom is -0.478 e. The Morgan fingerprint density at radius 1 is 1.18 bits per heavy atom. The van der Waals surface area contributed by atoms with Gasteiger partial charge >= 0.3 is 5.69 Å². The van der Waals surface area contributed by atoms with Gasteiger partial charge in [0.1, 0.15) is 36.3 Å². The van der Waals surface area contributed by atoms with E-state index in [1.54, 1.807) is 7.11 Å². The van der Waals surface area contributed by atoms with Gasteiger partial charge in [0.25, 0.3) is 0 Å². The Bertz CT molecular complexity index is 1230. The number of nitrogens with zero attached hydrogens (tertiary/aromatic N) is 3. The summed E-state index contributed by atoms with van der Waals surface area (Å²) in [5.41, 5.74) is 0.616. The molecule has 2 aliphatic rings. The molecule has 0 saturated carbocycles. The molecule has 33 heavy (non-hydrogen) atoms. The van der Waals surface area contributed by atoms with Crippen molar-refractivity contribution >= 4 is 39.7 Å². The van der Waals surface area contributed by atoms with Crippen molar-refractivity contribution in [2.24, 2.45) is 0 Å². The van der Waals surface area contributed by atoms with Crippen LogP contribution >= 0.6 is 11.6 Å². The summed E-state index contributed by atoms with van der Waals surface area (Å²) >= 11 is 5.84. The zero-order chi connectivity index (χ0) is 23.1. The standard InChI is InChI=1S/C21H18ClFN4O6/c1-30-17-7-31-20-18(8-32-19(17)20)33-16-6-14-11(5-15(16)27(28)29)21(25-9-24-14)26-10-2-3-13(23)12(22)4-10/h2-6,9,17-20H,7-8H2,1H3,(H,24,25,26)/t17-,18+,19-,20+/m1/s1. The highest BCUT2D eigenvalue weighted by Crippen LogP contribution is 2.38. The van der Waals surface area contributed by atoms with Crippen molar-refractivity contribution in [1.82, 2.24) is 9.97 Å². The predicted octanol–water partition coefficient (Wildman–Crippen LogP) is 3.63. The maximum Gasteiger partial charge on any atom is 0.311 e. The molecule has 5 rings (SSSR count). The number of fused-ring (bicyclic) bond motifs is 2. The fourth-order valence-electron chi connectivity index (χ4n) is 4.02. The molecule has 1 aromatic heterocycles. The highest BCUT2D eigenvalue weighted by atomic mass is 35.5. The molecule has 2 fully saturated rings. The van der Waals surface area contributed by atoms with Crippen LogP contribution in [0.5, 0.6) is 5.75 Å². The quantitative estimate of drug-likeness (QED) is 0.420. The number of benzene rings is 2. The van der Waals surface area contributed by atoms with Crippen molar-refractivity contribution in [2.75, 3.05) is 25.6 Å². The molecule has 2 saturated heterocycles. The SMILES string of the molecule is CO[C@@H]1CO[C@@H]2[C@@H]1OC[C@@H]2Oc1cc2ncnc(Nc3ccc(F)c(Cl)c3)c2cc1[N+](=O)[O-]. The molecule has 0 amide bonds. The van der Waals surface area contributed by atoms with Crippen LogP contribution in [0.3, 0.4) is 0 Å². The molecule has 1 N–H and O–H groups in total. The van der Waals surface area contributed by atoms with Gasteiger partial charge in [-0.3, -0.25) is 10.1 Å². The van der Waals surface area contributed by atoms with E-state index < -0.39 is 22.9 Å². The van der Waals surface area contributed by atoms with E-state index in [0.717, 1.165) is 0 Å². The average molecular weight is 477 g/mol. The number of methoxy groups -OCH3 is 1. The molecule has 172 valence electrons. The fourth-order valence-corrected chi connectivity index (χ4v) is 4.20. The summed E-state index contributed by atoms with van der Waals surface area (Å²) in [6.45, 7) is 0.577. The molecular formula is C21H18ClFN4O6. The van der Waals surface area contributed by atoms with E-state index in [1.807, 2.05) is 0 Å². The summed E-state index contributed by atoms with van der Waals surface area (Å²) in [6, 6.07) is 6.89. The van der Waals surface area contributed by atoms with Gasteiger partial charge in [0.05, 0.1) is 34.1 Å². The van der Waals surface area contributed by atoms with Gasteiger partial charge in [-0.05, 0) is 18.2 Å². The molecule has 0 spiro atoms. The van der Waals surface area contributed by atoms with Crippen LogP contribution in [0.2, 0.25) is 5.02 Å². The molecule has 12 heteroatoms. The highest BCUT2D eigenvalue weighted by Gasteiger charge is 2.49. The van der Waals surface area contributed by atoms with Gasteiger partial charge in [-0.1, -0.05) is 11.6 Å². The van der Waals surface area contributed by atoms with Crippen molar-refractivity contribution in [3.8, 4) is 5.75 Å². The Balaban J connectivity index is 1.47. The first-order valence-corrected chi connectivity index (χ1v) is 10.4. The number of nitro groups is 1. The van der Waals surface area contributed by atoms with Crippen LogP contribution < -0.4 is 10.1 Å². The number of nitro benzene ring substituents is 1. The smallest absolute Gasteiger partial charge is 0.311 e. The summed E-state index contributed by atoms with van der Waals surface area (Å²) in [6.07, 6.45) is -0.122. The third-order valence-corrected chi connectivity index (χ3v) is 5.93. The topological polar surface area (TPSA) is 118 Å². The molecule has 10 nitrogen and oxygen atoms in total. The Morgan fingerprint density at radius 3 is 2.67 bits per heavy atom. The summed E-state index contributed by atoms with van der Waals surface area (Å²) in [7, 11) is 1.58. The number of hydrogen-bond donors (Lipinski definition) is 1. The number of ether oxygens (including phenoxy) is 4. The lowest BCUT2D eigenvalue weighted by Crippen LogP contribution is -2.35. The second-order valence-corrected chi connectivity index (χ2v) is 8.00. The van der Waals surface area contributed by atoms with Crippen molar-refractivity contribution in [1.29, 1.82) is 0 Å². The minimum atomic E-state index is -0.562. The van der Waals surface area contributed by atoms with E-state index >= 15 is 0 Å². The number of anilines is 2. The van der Waals surface area contributed by atoms with Crippen LogP contribution in [0.15, 0.2) is 36.7 Å². The molecule has 0 aliphatic carbocycles. The lowest BCUT2D eigenvalue weighted by molar-refractivity contribution is -0.386. The number of nitrogens with one attached hydrogen (secondary N) is 1. The van der Waals surface area contributed by atoms with Gasteiger partial charge in [-0.25, -0.2) is 14.4 Å². The molecule has 2 aromatic carbocycles. The molecular weight excluding hydrogens is 459 g/mol. The minimum absolute atomic E-state index is 0.0423. The largest absolute Gasteiger partial charge is 0.478 e. The van der Waals surface area contributed by atoms with Crippen molar-refractivity contribution in [2.45, 2.75) is 24.4 Å². The Hall–Kier alpha value is -3.12. The first kappa shape index (κ1) is 21.7. The van der Waals surface area contributed by atoms with E-state index in [4.69, 9.17) is 30.5 Å². The Morgan fingerprint density at radius 2 is 1.94 bits per heavy atom. The van der Waals surface area contributed by atoms with Gasteiger partial charge in [-0.15, -0.1) is 0 Å². The fraction of sp³-hybridized carbons (Fsp3) is 0.333. The van der Waals surface area contributed by atoms with Crippen molar-refractivity contribution in [3.05, 3.63) is 57.6 Å². The van der Waals surface area contributed by atoms with Crippen LogP contribution in [-0.4, -0.2) is 59.6 Å². The molecule has 0 radical (unpaired) electrons. The molecule has 2 aliphatic heterocycles. The van der Waals surface area contributed by atoms with Crippen molar-refractivity contribution < 1.29 is 28.3 Å². The molecule has 0 bridgehead atoms. The lowest BCUT2D eigenvalue weighted by Gasteiger charge is -2.18. The van der Waals surface area contributed by atoms with E-state index in [1.165, 1.54) is 36.7 Å². The summed E-state index contributed by atoms with van der Waals surface area (Å²) in [5, 5.41) is 15.2. The average Bonchev–Trinajstić information content (AvgIpc) is 3.38. The third kappa shape index (κ3) is 4.04. The zero-order valence-electron chi connectivity index (χ0n) is 17.2. The van der Waals surface area contributed by atoms with E-state index in [-0.39, 0.29) is 35.3 Å². The molecule has 3 heterocycles. The van der Waals surface area contributed by atoms with Crippen LogP contribution in [0, 0.1) is 15.9 Å². The maximum atomic E-state index is 13.5. The van der Waals surface area contributed by atoms with Gasteiger partial charge in [0.15, 0.2) is 11.9 Å². The lowest BCUT2D eigenvalue weighted by atomic mass is 10.1. The van der Waals surface area contributed by atoms with Crippen molar-refractivity contribution in [3.63, 3.8) is 0 Å². The Kier molecular flexibility index (Phi) is 5.71. The van der Waals surface area contributed by atoms with Gasteiger partial charge < -0.3 is 24.3 Å². The third-order valence-electron chi connectivity index (χ3n) is 5.64. The second kappa shape index (κ2) is 8.67. The number of halogens is 2. The number of rotatable bonds is 6. The van der Waals surface area contributed by atoms with E-state index in [0.29, 0.717) is 29.0 Å². The maximum absolute atomic E-state index is 13.5. The number of hydrogen-bond acceptors (Lipinski definition) is 9. The monoisotopic (exact) mass is 476 g/mol. The van der Waals surface area contributed by atoms with Gasteiger partial charge in [-0.2, -0.15) is 0 Å². The van der Waals surface area contributed by atoms with Crippen LogP contribution in [-0.2, 0) is 14.2 Å². The summed E-state index contributed by atoms with van der Waals surface area (Å²) < 4.78 is 36.3. The molecule has 4 atom stereocenters. The highest BCUT2D eigenvalue weighted by molar-refractivity contribution is 6.31. The summed E-state index contributed by atoms with van der Waals surface area (Å²) in [4.78, 5) is 19.7. The zero-order valence-corrected chi connectivity index (χ0v) is 18.0. The second-order valence-electron chi connectivity index (χ2n) is 7.60. The predicted molar refractivity (Wildman–Crippen MR) is 116 cm³/mol. The van der Waals surface area contributed by atoms with Crippen LogP contribution in [0.1, 0.15) is 0 Å². The van der Waals surface area contributed by atoms with Gasteiger partial charge in [0, 0.05) is 24.9 Å². The van der Waals surface area contributed by atoms with Crippen LogP contribution in [0.4, 0.5) is 21.6 Å².